The van der Waals surface area contributed by atoms with Gasteiger partial charge < -0.3 is 5.11 Å². The third-order valence-corrected chi connectivity index (χ3v) is 1.26. The minimum absolute atomic E-state index is 0.526. The van der Waals surface area contributed by atoms with Crippen LogP contribution in [0.4, 0.5) is 0 Å². The average molecular weight is 128 g/mol. The van der Waals surface area contributed by atoms with Crippen molar-refractivity contribution in [1.29, 1.82) is 0 Å². The Labute approximate surface area is 57.4 Å². The van der Waals surface area contributed by atoms with Crippen LogP contribution in [-0.4, -0.2) is 10.7 Å². The topological polar surface area (TPSA) is 20.2 Å². The van der Waals surface area contributed by atoms with E-state index in [1.165, 1.54) is 0 Å². The maximum Gasteiger partial charge on any atom is 0.0799 e. The summed E-state index contributed by atoms with van der Waals surface area (Å²) in [5, 5.41) is 9.38. The summed E-state index contributed by atoms with van der Waals surface area (Å²) in [7, 11) is 0. The monoisotopic (exact) mass is 128 g/mol. The summed E-state index contributed by atoms with van der Waals surface area (Å²) in [6.07, 6.45) is 2.38. The second kappa shape index (κ2) is 3.02. The molecule has 0 amide bonds. The van der Waals surface area contributed by atoms with E-state index < -0.39 is 5.60 Å². The molecule has 0 saturated heterocycles. The van der Waals surface area contributed by atoms with Gasteiger partial charge in [0, 0.05) is 0 Å². The van der Waals surface area contributed by atoms with Crippen LogP contribution in [0.3, 0.4) is 0 Å². The standard InChI is InChI=1S/C8H16O/c1-5-8(4,9)6-7(2)3/h5,7,9H,1,6H2,2-4H3. The Bertz CT molecular complexity index is 92.7. The summed E-state index contributed by atoms with van der Waals surface area (Å²) in [5.74, 6) is 0.526. The summed E-state index contributed by atoms with van der Waals surface area (Å²) in [4.78, 5) is 0. The Morgan fingerprint density at radius 3 is 2.22 bits per heavy atom. The summed E-state index contributed by atoms with van der Waals surface area (Å²) < 4.78 is 0. The Morgan fingerprint density at radius 2 is 2.11 bits per heavy atom. The smallest absolute Gasteiger partial charge is 0.0799 e. The lowest BCUT2D eigenvalue weighted by atomic mass is 9.95. The SMILES string of the molecule is C=CC(C)(O)CC(C)C. The predicted molar refractivity (Wildman–Crippen MR) is 40.3 cm³/mol. The van der Waals surface area contributed by atoms with Gasteiger partial charge in [-0.3, -0.25) is 0 Å². The number of hydrogen-bond donors (Lipinski definition) is 1. The molecule has 0 aliphatic heterocycles. The Kier molecular flexibility index (Phi) is 2.92. The largest absolute Gasteiger partial charge is 0.386 e. The van der Waals surface area contributed by atoms with E-state index in [4.69, 9.17) is 0 Å². The van der Waals surface area contributed by atoms with Crippen molar-refractivity contribution in [3.05, 3.63) is 12.7 Å². The number of rotatable bonds is 3. The maximum atomic E-state index is 9.38. The van der Waals surface area contributed by atoms with Crippen LogP contribution in [0.25, 0.3) is 0 Å². The molecular formula is C8H16O. The van der Waals surface area contributed by atoms with Gasteiger partial charge in [0.05, 0.1) is 5.60 Å². The van der Waals surface area contributed by atoms with Crippen molar-refractivity contribution in [1.82, 2.24) is 0 Å². The third kappa shape index (κ3) is 4.22. The van der Waals surface area contributed by atoms with E-state index in [2.05, 4.69) is 20.4 Å². The predicted octanol–water partition coefficient (Wildman–Crippen LogP) is 1.97. The van der Waals surface area contributed by atoms with Crippen molar-refractivity contribution in [2.45, 2.75) is 32.8 Å². The average Bonchev–Trinajstić information content (AvgIpc) is 1.63. The number of aliphatic hydroxyl groups is 1. The molecule has 0 aromatic carbocycles. The molecule has 1 nitrogen and oxygen atoms in total. The molecule has 0 bridgehead atoms. The molecule has 1 N–H and O–H groups in total. The van der Waals surface area contributed by atoms with Gasteiger partial charge in [-0.1, -0.05) is 19.9 Å². The van der Waals surface area contributed by atoms with Crippen LogP contribution in [0.15, 0.2) is 12.7 Å². The lowest BCUT2D eigenvalue weighted by Gasteiger charge is -2.20. The molecule has 0 aromatic heterocycles. The van der Waals surface area contributed by atoms with Crippen molar-refractivity contribution in [2.75, 3.05) is 0 Å². The second-order valence-electron chi connectivity index (χ2n) is 3.16. The molecule has 0 aliphatic carbocycles. The van der Waals surface area contributed by atoms with E-state index in [1.54, 1.807) is 13.0 Å². The van der Waals surface area contributed by atoms with Crippen molar-refractivity contribution < 1.29 is 5.11 Å². The van der Waals surface area contributed by atoms with Crippen molar-refractivity contribution in [3.8, 4) is 0 Å². The highest BCUT2D eigenvalue weighted by Crippen LogP contribution is 2.16. The van der Waals surface area contributed by atoms with Gasteiger partial charge in [0.2, 0.25) is 0 Å². The normalized spacial score (nSPS) is 17.4. The Balaban J connectivity index is 3.71. The molecule has 1 heteroatoms. The van der Waals surface area contributed by atoms with Crippen LogP contribution < -0.4 is 0 Å². The quantitative estimate of drug-likeness (QED) is 0.576. The van der Waals surface area contributed by atoms with Crippen molar-refractivity contribution in [3.63, 3.8) is 0 Å². The van der Waals surface area contributed by atoms with E-state index in [1.807, 2.05) is 0 Å². The molecule has 0 aliphatic rings. The van der Waals surface area contributed by atoms with Gasteiger partial charge in [-0.15, -0.1) is 6.58 Å². The molecule has 0 heterocycles. The van der Waals surface area contributed by atoms with Crippen LogP contribution in [0.1, 0.15) is 27.2 Å². The summed E-state index contributed by atoms with van der Waals surface area (Å²) >= 11 is 0. The van der Waals surface area contributed by atoms with Crippen LogP contribution in [-0.2, 0) is 0 Å². The fraction of sp³-hybridized carbons (Fsp3) is 0.750. The first-order chi connectivity index (χ1) is 3.98. The van der Waals surface area contributed by atoms with Crippen LogP contribution in [0, 0.1) is 5.92 Å². The van der Waals surface area contributed by atoms with Crippen molar-refractivity contribution >= 4 is 0 Å². The van der Waals surface area contributed by atoms with Gasteiger partial charge in [-0.25, -0.2) is 0 Å². The highest BCUT2D eigenvalue weighted by molar-refractivity contribution is 4.91. The molecule has 0 fully saturated rings. The summed E-state index contributed by atoms with van der Waals surface area (Å²) in [6.45, 7) is 9.48. The zero-order valence-corrected chi connectivity index (χ0v) is 6.52. The molecular weight excluding hydrogens is 112 g/mol. The maximum absolute atomic E-state index is 9.38. The van der Waals surface area contributed by atoms with E-state index in [9.17, 15) is 5.11 Å². The minimum atomic E-state index is -0.672. The first-order valence-electron chi connectivity index (χ1n) is 3.34. The van der Waals surface area contributed by atoms with E-state index in [0.717, 1.165) is 6.42 Å². The fourth-order valence-electron chi connectivity index (χ4n) is 0.910. The van der Waals surface area contributed by atoms with E-state index in [-0.39, 0.29) is 0 Å². The van der Waals surface area contributed by atoms with Crippen LogP contribution in [0.5, 0.6) is 0 Å². The molecule has 0 aromatic rings. The van der Waals surface area contributed by atoms with E-state index in [0.29, 0.717) is 5.92 Å². The second-order valence-corrected chi connectivity index (χ2v) is 3.16. The molecule has 1 atom stereocenters. The highest BCUT2D eigenvalue weighted by Gasteiger charge is 2.16. The minimum Gasteiger partial charge on any atom is -0.386 e. The Morgan fingerprint density at radius 1 is 1.67 bits per heavy atom. The first-order valence-corrected chi connectivity index (χ1v) is 3.34. The van der Waals surface area contributed by atoms with Crippen LogP contribution >= 0.6 is 0 Å². The van der Waals surface area contributed by atoms with Gasteiger partial charge in [0.15, 0.2) is 0 Å². The Hall–Kier alpha value is -0.300. The summed E-state index contributed by atoms with van der Waals surface area (Å²) in [5.41, 5.74) is -0.672. The lowest BCUT2D eigenvalue weighted by Crippen LogP contribution is -2.22. The van der Waals surface area contributed by atoms with E-state index >= 15 is 0 Å². The molecule has 0 spiro atoms. The molecule has 54 valence electrons. The zero-order chi connectivity index (χ0) is 7.49. The molecule has 0 rings (SSSR count). The van der Waals surface area contributed by atoms with Crippen LogP contribution in [0.2, 0.25) is 0 Å². The fourth-order valence-corrected chi connectivity index (χ4v) is 0.910. The lowest BCUT2D eigenvalue weighted by molar-refractivity contribution is 0.0880. The van der Waals surface area contributed by atoms with Crippen molar-refractivity contribution in [2.24, 2.45) is 5.92 Å². The van der Waals surface area contributed by atoms with Gasteiger partial charge >= 0.3 is 0 Å². The highest BCUT2D eigenvalue weighted by atomic mass is 16.3. The van der Waals surface area contributed by atoms with Gasteiger partial charge in [-0.05, 0) is 19.3 Å². The third-order valence-electron chi connectivity index (χ3n) is 1.26. The van der Waals surface area contributed by atoms with Gasteiger partial charge in [0.25, 0.3) is 0 Å². The molecule has 1 unspecified atom stereocenters. The van der Waals surface area contributed by atoms with Gasteiger partial charge in [-0.2, -0.15) is 0 Å². The molecule has 0 saturated carbocycles. The molecule has 9 heavy (non-hydrogen) atoms. The zero-order valence-electron chi connectivity index (χ0n) is 6.52. The van der Waals surface area contributed by atoms with Gasteiger partial charge in [0.1, 0.15) is 0 Å². The first kappa shape index (κ1) is 8.70. The molecule has 0 radical (unpaired) electrons. The summed E-state index contributed by atoms with van der Waals surface area (Å²) in [6, 6.07) is 0. The number of hydrogen-bond acceptors (Lipinski definition) is 1.